The van der Waals surface area contributed by atoms with E-state index in [-0.39, 0.29) is 12.3 Å². The van der Waals surface area contributed by atoms with Crippen molar-refractivity contribution in [3.05, 3.63) is 35.4 Å². The maximum absolute atomic E-state index is 12.2. The van der Waals surface area contributed by atoms with Crippen molar-refractivity contribution in [3.63, 3.8) is 0 Å². The molecular weight excluding hydrogens is 304 g/mol. The smallest absolute Gasteiger partial charge is 0.410 e. The van der Waals surface area contributed by atoms with Gasteiger partial charge in [0.05, 0.1) is 17.8 Å². The summed E-state index contributed by atoms with van der Waals surface area (Å²) in [6, 6.07) is 7.38. The van der Waals surface area contributed by atoms with Crippen molar-refractivity contribution in [3.8, 4) is 0 Å². The van der Waals surface area contributed by atoms with Gasteiger partial charge >= 0.3 is 6.09 Å². The fraction of sp³-hybridized carbons (Fsp3) is 0.533. The molecule has 0 spiro atoms. The second-order valence-electron chi connectivity index (χ2n) is 6.09. The average Bonchev–Trinajstić information content (AvgIpc) is 2.87. The van der Waals surface area contributed by atoms with Gasteiger partial charge in [-0.1, -0.05) is 24.3 Å². The van der Waals surface area contributed by atoms with Gasteiger partial charge < -0.3 is 4.74 Å². The highest BCUT2D eigenvalue weighted by Gasteiger charge is 2.36. The monoisotopic (exact) mass is 326 g/mol. The molecule has 1 heterocycles. The molecule has 1 N–H and O–H groups in total. The Morgan fingerprint density at radius 1 is 1.32 bits per heavy atom. The molecule has 1 aliphatic heterocycles. The molecule has 0 atom stereocenters. The lowest BCUT2D eigenvalue weighted by Gasteiger charge is -2.33. The van der Waals surface area contributed by atoms with Gasteiger partial charge in [0.15, 0.2) is 0 Å². The molecule has 1 aromatic rings. The van der Waals surface area contributed by atoms with Gasteiger partial charge in [-0.05, 0) is 31.9 Å². The highest BCUT2D eigenvalue weighted by Crippen LogP contribution is 2.19. The predicted molar refractivity (Wildman–Crippen MR) is 83.9 cm³/mol. The molecule has 1 saturated heterocycles. The van der Waals surface area contributed by atoms with Crippen LogP contribution in [0.1, 0.15) is 25.0 Å². The lowest BCUT2D eigenvalue weighted by molar-refractivity contribution is 0.127. The second kappa shape index (κ2) is 6.26. The molecule has 0 unspecified atom stereocenters. The fourth-order valence-corrected chi connectivity index (χ4v) is 3.76. The molecule has 0 radical (unpaired) electrons. The molecule has 0 bridgehead atoms. The van der Waals surface area contributed by atoms with E-state index in [4.69, 9.17) is 4.74 Å². The molecule has 0 aliphatic carbocycles. The molecule has 1 aliphatic rings. The Morgan fingerprint density at radius 2 is 2.00 bits per heavy atom. The van der Waals surface area contributed by atoms with E-state index >= 15 is 0 Å². The average molecular weight is 326 g/mol. The molecular formula is C15H22N2O4S. The van der Waals surface area contributed by atoms with Crippen molar-refractivity contribution in [2.45, 2.75) is 32.1 Å². The van der Waals surface area contributed by atoms with Crippen molar-refractivity contribution in [2.75, 3.05) is 19.7 Å². The Labute approximate surface area is 131 Å². The van der Waals surface area contributed by atoms with Crippen LogP contribution in [0.15, 0.2) is 24.3 Å². The van der Waals surface area contributed by atoms with Crippen molar-refractivity contribution in [1.29, 1.82) is 0 Å². The number of cyclic esters (lactones) is 1. The summed E-state index contributed by atoms with van der Waals surface area (Å²) in [6.45, 7) is 6.49. The van der Waals surface area contributed by atoms with Crippen LogP contribution in [0.3, 0.4) is 0 Å². The topological polar surface area (TPSA) is 75.7 Å². The minimum absolute atomic E-state index is 0.0692. The van der Waals surface area contributed by atoms with Crippen LogP contribution >= 0.6 is 0 Å². The third-order valence-electron chi connectivity index (χ3n) is 3.82. The summed E-state index contributed by atoms with van der Waals surface area (Å²) in [6.07, 6.45) is -0.400. The van der Waals surface area contributed by atoms with E-state index in [1.807, 2.05) is 39.0 Å². The van der Waals surface area contributed by atoms with Crippen LogP contribution in [0.2, 0.25) is 0 Å². The number of ether oxygens (including phenoxy) is 1. The SMILES string of the molecule is Cc1ccccc1CS(=O)(=O)NCC(C)(C)N1CCOC1=O. The van der Waals surface area contributed by atoms with E-state index in [1.165, 1.54) is 0 Å². The van der Waals surface area contributed by atoms with Crippen LogP contribution in [0, 0.1) is 6.92 Å². The number of nitrogens with zero attached hydrogens (tertiary/aromatic N) is 1. The summed E-state index contributed by atoms with van der Waals surface area (Å²) in [5, 5.41) is 0. The number of hydrogen-bond acceptors (Lipinski definition) is 4. The molecule has 7 heteroatoms. The zero-order valence-electron chi connectivity index (χ0n) is 13.1. The van der Waals surface area contributed by atoms with Crippen molar-refractivity contribution in [2.24, 2.45) is 0 Å². The van der Waals surface area contributed by atoms with Crippen LogP contribution in [-0.4, -0.2) is 44.6 Å². The molecule has 2 rings (SSSR count). The van der Waals surface area contributed by atoms with E-state index in [0.29, 0.717) is 13.2 Å². The van der Waals surface area contributed by atoms with Gasteiger partial charge in [0, 0.05) is 6.54 Å². The largest absolute Gasteiger partial charge is 0.448 e. The Hall–Kier alpha value is -1.60. The lowest BCUT2D eigenvalue weighted by atomic mass is 10.0. The molecule has 0 saturated carbocycles. The van der Waals surface area contributed by atoms with Gasteiger partial charge in [0.1, 0.15) is 6.61 Å². The van der Waals surface area contributed by atoms with Gasteiger partial charge in [0.25, 0.3) is 0 Å². The number of benzene rings is 1. The van der Waals surface area contributed by atoms with Crippen LogP contribution < -0.4 is 4.72 Å². The first-order valence-corrected chi connectivity index (χ1v) is 8.83. The molecule has 22 heavy (non-hydrogen) atoms. The minimum atomic E-state index is -3.47. The lowest BCUT2D eigenvalue weighted by Crippen LogP contribution is -2.52. The molecule has 122 valence electrons. The molecule has 6 nitrogen and oxygen atoms in total. The summed E-state index contributed by atoms with van der Waals surface area (Å²) >= 11 is 0. The summed E-state index contributed by atoms with van der Waals surface area (Å²) < 4.78 is 32.0. The van der Waals surface area contributed by atoms with Gasteiger partial charge in [-0.3, -0.25) is 4.90 Å². The number of sulfonamides is 1. The standard InChI is InChI=1S/C15H22N2O4S/c1-12-6-4-5-7-13(12)10-22(19,20)16-11-15(2,3)17-8-9-21-14(17)18/h4-7,16H,8-11H2,1-3H3. The van der Waals surface area contributed by atoms with E-state index in [0.717, 1.165) is 11.1 Å². The minimum Gasteiger partial charge on any atom is -0.448 e. The van der Waals surface area contributed by atoms with Crippen LogP contribution in [0.4, 0.5) is 4.79 Å². The first kappa shape index (κ1) is 16.8. The highest BCUT2D eigenvalue weighted by molar-refractivity contribution is 7.88. The number of hydrogen-bond donors (Lipinski definition) is 1. The van der Waals surface area contributed by atoms with Gasteiger partial charge in [0.2, 0.25) is 10.0 Å². The second-order valence-corrected chi connectivity index (χ2v) is 7.89. The van der Waals surface area contributed by atoms with E-state index < -0.39 is 21.7 Å². The third-order valence-corrected chi connectivity index (χ3v) is 5.10. The summed E-state index contributed by atoms with van der Waals surface area (Å²) in [4.78, 5) is 13.2. The quantitative estimate of drug-likeness (QED) is 0.862. The van der Waals surface area contributed by atoms with E-state index in [1.54, 1.807) is 11.0 Å². The number of amides is 1. The number of carbonyl (C=O) groups is 1. The molecule has 0 aromatic heterocycles. The first-order chi connectivity index (χ1) is 10.2. The fourth-order valence-electron chi connectivity index (χ4n) is 2.35. The van der Waals surface area contributed by atoms with Gasteiger partial charge in [-0.2, -0.15) is 0 Å². The Kier molecular flexibility index (Phi) is 4.77. The summed E-state index contributed by atoms with van der Waals surface area (Å²) in [5.74, 6) is -0.0692. The van der Waals surface area contributed by atoms with Crippen molar-refractivity contribution in [1.82, 2.24) is 9.62 Å². The predicted octanol–water partition coefficient (Wildman–Crippen LogP) is 1.65. The Morgan fingerprint density at radius 3 is 2.59 bits per heavy atom. The van der Waals surface area contributed by atoms with Crippen molar-refractivity contribution >= 4 is 16.1 Å². The van der Waals surface area contributed by atoms with E-state index in [2.05, 4.69) is 4.72 Å². The van der Waals surface area contributed by atoms with E-state index in [9.17, 15) is 13.2 Å². The Balaban J connectivity index is 2.00. The number of carbonyl (C=O) groups excluding carboxylic acids is 1. The van der Waals surface area contributed by atoms with Crippen LogP contribution in [0.25, 0.3) is 0 Å². The van der Waals surface area contributed by atoms with Gasteiger partial charge in [-0.15, -0.1) is 0 Å². The maximum atomic E-state index is 12.2. The Bertz CT molecular complexity index is 655. The van der Waals surface area contributed by atoms with Gasteiger partial charge in [-0.25, -0.2) is 17.9 Å². The van der Waals surface area contributed by atoms with Crippen LogP contribution in [0.5, 0.6) is 0 Å². The highest BCUT2D eigenvalue weighted by atomic mass is 32.2. The third kappa shape index (κ3) is 3.98. The number of rotatable bonds is 6. The molecule has 1 fully saturated rings. The maximum Gasteiger partial charge on any atom is 0.410 e. The summed E-state index contributed by atoms with van der Waals surface area (Å²) in [5.41, 5.74) is 1.08. The zero-order valence-corrected chi connectivity index (χ0v) is 13.9. The first-order valence-electron chi connectivity index (χ1n) is 7.17. The summed E-state index contributed by atoms with van der Waals surface area (Å²) in [7, 11) is -3.47. The number of aryl methyl sites for hydroxylation is 1. The zero-order chi connectivity index (χ0) is 16.4. The number of nitrogens with one attached hydrogen (secondary N) is 1. The molecule has 1 aromatic carbocycles. The molecule has 1 amide bonds. The van der Waals surface area contributed by atoms with Crippen LogP contribution in [-0.2, 0) is 20.5 Å². The van der Waals surface area contributed by atoms with Crippen molar-refractivity contribution < 1.29 is 17.9 Å². The normalized spacial score (nSPS) is 16.0.